The number of nitriles is 1. The largest absolute Gasteiger partial charge is 0.342 e. The Labute approximate surface area is 247 Å². The summed E-state index contributed by atoms with van der Waals surface area (Å²) in [6.07, 6.45) is 12.6. The van der Waals surface area contributed by atoms with Crippen molar-refractivity contribution in [3.8, 4) is 6.07 Å². The quantitative estimate of drug-likeness (QED) is 0.358. The number of carbonyl (C=O) groups is 3. The van der Waals surface area contributed by atoms with Crippen LogP contribution in [0.1, 0.15) is 113 Å². The van der Waals surface area contributed by atoms with Crippen molar-refractivity contribution in [3.05, 3.63) is 23.3 Å². The molecule has 0 bridgehead atoms. The van der Waals surface area contributed by atoms with Gasteiger partial charge in [0.05, 0.1) is 5.57 Å². The van der Waals surface area contributed by atoms with E-state index in [-0.39, 0.29) is 62.0 Å². The second kappa shape index (κ2) is 8.45. The van der Waals surface area contributed by atoms with Crippen LogP contribution in [0.25, 0.3) is 0 Å². The molecule has 0 N–H and O–H groups in total. The number of fused-ring (bicyclic) bond motifs is 7. The standard InChI is InChI=1S/C36H50N2O3/c1-30(2)13-15-36(22-38-17-9-10-27(38)40)16-14-34(7)28(35(36,8)21-30)24(39)18-26-32(5)19-23(20-37)29(41)31(3,4)25(32)11-12-33(26,34)6/h18-19,25,28H,9-17,21-22H2,1-8H3/t25?,28-,32-,33+,34+,35-,36+/m0/s1. The van der Waals surface area contributed by atoms with Gasteiger partial charge < -0.3 is 4.90 Å². The van der Waals surface area contributed by atoms with Crippen LogP contribution in [-0.4, -0.2) is 35.5 Å². The highest BCUT2D eigenvalue weighted by Crippen LogP contribution is 2.77. The molecule has 0 aromatic rings. The van der Waals surface area contributed by atoms with E-state index in [1.54, 1.807) is 0 Å². The lowest BCUT2D eigenvalue weighted by Gasteiger charge is -2.72. The summed E-state index contributed by atoms with van der Waals surface area (Å²) in [5.74, 6) is 0.395. The Morgan fingerprint density at radius 3 is 2.24 bits per heavy atom. The summed E-state index contributed by atoms with van der Waals surface area (Å²) in [5.41, 5.74) is -0.364. The molecule has 0 radical (unpaired) electrons. The van der Waals surface area contributed by atoms with Crippen LogP contribution >= 0.6 is 0 Å². The first-order valence-electron chi connectivity index (χ1n) is 16.1. The molecule has 1 amide bonds. The van der Waals surface area contributed by atoms with Gasteiger partial charge in [-0.1, -0.05) is 67.0 Å². The zero-order chi connectivity index (χ0) is 30.0. The minimum Gasteiger partial charge on any atom is -0.342 e. The molecule has 7 atom stereocenters. The van der Waals surface area contributed by atoms with Gasteiger partial charge in [-0.3, -0.25) is 14.4 Å². The molecule has 6 rings (SSSR count). The summed E-state index contributed by atoms with van der Waals surface area (Å²) in [7, 11) is 0. The molecule has 5 heteroatoms. The molecule has 1 heterocycles. The zero-order valence-electron chi connectivity index (χ0n) is 26.7. The zero-order valence-corrected chi connectivity index (χ0v) is 26.7. The number of allylic oxidation sites excluding steroid dienone is 4. The van der Waals surface area contributed by atoms with Crippen molar-refractivity contribution in [1.82, 2.24) is 4.90 Å². The Balaban J connectivity index is 1.52. The average molecular weight is 559 g/mol. The van der Waals surface area contributed by atoms with Gasteiger partial charge in [0.1, 0.15) is 6.07 Å². The number of likely N-dealkylation sites (tertiary alicyclic amines) is 1. The highest BCUT2D eigenvalue weighted by atomic mass is 16.2. The molecule has 0 aromatic carbocycles. The van der Waals surface area contributed by atoms with Gasteiger partial charge in [-0.2, -0.15) is 5.26 Å². The van der Waals surface area contributed by atoms with E-state index in [2.05, 4.69) is 52.5 Å². The second-order valence-electron chi connectivity index (χ2n) is 17.2. The Bertz CT molecular complexity index is 1350. The predicted molar refractivity (Wildman–Crippen MR) is 159 cm³/mol. The van der Waals surface area contributed by atoms with Gasteiger partial charge in [-0.05, 0) is 90.4 Å². The number of carbonyl (C=O) groups excluding carboxylic acids is 3. The van der Waals surface area contributed by atoms with E-state index < -0.39 is 10.8 Å². The third-order valence-electron chi connectivity index (χ3n) is 14.3. The minimum absolute atomic E-state index is 0.0555. The molecule has 0 aromatic heterocycles. The van der Waals surface area contributed by atoms with Crippen LogP contribution in [0.15, 0.2) is 23.3 Å². The fourth-order valence-corrected chi connectivity index (χ4v) is 12.1. The first-order valence-corrected chi connectivity index (χ1v) is 16.1. The molecule has 5 aliphatic carbocycles. The maximum atomic E-state index is 14.8. The van der Waals surface area contributed by atoms with Crippen molar-refractivity contribution >= 4 is 17.5 Å². The molecular formula is C36H50N2O3. The van der Waals surface area contributed by atoms with Crippen molar-refractivity contribution in [2.75, 3.05) is 13.1 Å². The first-order chi connectivity index (χ1) is 18.9. The third kappa shape index (κ3) is 3.49. The average Bonchev–Trinajstić information content (AvgIpc) is 3.27. The predicted octanol–water partition coefficient (Wildman–Crippen LogP) is 7.22. The SMILES string of the molecule is CC1(C)CC[C@]2(CN3CCCC3=O)CC[C@]3(C)[C@H](C(=O)C=C4[C@@]5(C)C=C(C#N)C(=O)C(C)(C)C5CC[C@]43C)[C@]2(C)C1. The van der Waals surface area contributed by atoms with Crippen molar-refractivity contribution in [2.45, 2.75) is 113 Å². The van der Waals surface area contributed by atoms with Gasteiger partial charge in [-0.15, -0.1) is 0 Å². The van der Waals surface area contributed by atoms with Crippen LogP contribution in [0.2, 0.25) is 0 Å². The number of rotatable bonds is 2. The number of ketones is 2. The maximum absolute atomic E-state index is 14.8. The number of nitrogens with zero attached hydrogens (tertiary/aromatic N) is 2. The van der Waals surface area contributed by atoms with E-state index in [0.29, 0.717) is 6.42 Å². The van der Waals surface area contributed by atoms with Gasteiger partial charge in [0.2, 0.25) is 5.91 Å². The lowest BCUT2D eigenvalue weighted by Crippen LogP contribution is -2.69. The van der Waals surface area contributed by atoms with Gasteiger partial charge >= 0.3 is 0 Å². The molecular weight excluding hydrogens is 508 g/mol. The van der Waals surface area contributed by atoms with E-state index >= 15 is 0 Å². The van der Waals surface area contributed by atoms with Gasteiger partial charge in [-0.25, -0.2) is 0 Å². The first kappa shape index (κ1) is 28.9. The van der Waals surface area contributed by atoms with Gasteiger partial charge in [0.25, 0.3) is 0 Å². The van der Waals surface area contributed by atoms with Crippen LogP contribution in [0.5, 0.6) is 0 Å². The summed E-state index contributed by atoms with van der Waals surface area (Å²) >= 11 is 0. The van der Waals surface area contributed by atoms with Crippen molar-refractivity contribution in [2.24, 2.45) is 49.7 Å². The molecule has 5 nitrogen and oxygen atoms in total. The number of hydrogen-bond acceptors (Lipinski definition) is 4. The number of hydrogen-bond donors (Lipinski definition) is 0. The Kier molecular flexibility index (Phi) is 5.95. The summed E-state index contributed by atoms with van der Waals surface area (Å²) in [6, 6.07) is 2.21. The summed E-state index contributed by atoms with van der Waals surface area (Å²) in [5, 5.41) is 9.97. The fourth-order valence-electron chi connectivity index (χ4n) is 12.1. The van der Waals surface area contributed by atoms with Crippen LogP contribution in [0.4, 0.5) is 0 Å². The maximum Gasteiger partial charge on any atom is 0.222 e. The summed E-state index contributed by atoms with van der Waals surface area (Å²) in [4.78, 5) is 43.2. The smallest absolute Gasteiger partial charge is 0.222 e. The van der Waals surface area contributed by atoms with Crippen molar-refractivity contribution in [1.29, 1.82) is 5.26 Å². The fraction of sp³-hybridized carbons (Fsp3) is 0.778. The lowest BCUT2D eigenvalue weighted by molar-refractivity contribution is -0.210. The highest BCUT2D eigenvalue weighted by molar-refractivity contribution is 6.04. The normalized spacial score (nSPS) is 46.4. The van der Waals surface area contributed by atoms with Crippen molar-refractivity contribution < 1.29 is 14.4 Å². The van der Waals surface area contributed by atoms with Crippen LogP contribution in [0, 0.1) is 61.1 Å². The molecule has 222 valence electrons. The van der Waals surface area contributed by atoms with E-state index in [0.717, 1.165) is 70.0 Å². The number of Topliss-reactive ketones (excluding diaryl/α,β-unsaturated/α-hetero) is 1. The molecule has 1 saturated heterocycles. The van der Waals surface area contributed by atoms with Crippen molar-refractivity contribution in [3.63, 3.8) is 0 Å². The molecule has 4 fully saturated rings. The summed E-state index contributed by atoms with van der Waals surface area (Å²) in [6.45, 7) is 19.8. The molecule has 0 spiro atoms. The van der Waals surface area contributed by atoms with E-state index in [9.17, 15) is 19.6 Å². The third-order valence-corrected chi connectivity index (χ3v) is 14.3. The minimum atomic E-state index is -0.652. The Morgan fingerprint density at radius 1 is 0.927 bits per heavy atom. The van der Waals surface area contributed by atoms with Crippen LogP contribution in [-0.2, 0) is 14.4 Å². The van der Waals surface area contributed by atoms with Crippen LogP contribution in [0.3, 0.4) is 0 Å². The molecule has 1 aliphatic heterocycles. The Hall–Kier alpha value is -2.22. The Morgan fingerprint density at radius 2 is 1.61 bits per heavy atom. The van der Waals surface area contributed by atoms with E-state index in [1.807, 2.05) is 26.0 Å². The van der Waals surface area contributed by atoms with E-state index in [4.69, 9.17) is 0 Å². The molecule has 3 saturated carbocycles. The van der Waals surface area contributed by atoms with Gasteiger partial charge in [0.15, 0.2) is 11.6 Å². The monoisotopic (exact) mass is 558 g/mol. The van der Waals surface area contributed by atoms with Crippen LogP contribution < -0.4 is 0 Å². The topological polar surface area (TPSA) is 78.2 Å². The van der Waals surface area contributed by atoms with Gasteiger partial charge in [0, 0.05) is 36.3 Å². The molecule has 1 unspecified atom stereocenters. The summed E-state index contributed by atoms with van der Waals surface area (Å²) < 4.78 is 0. The molecule has 6 aliphatic rings. The van der Waals surface area contributed by atoms with E-state index in [1.165, 1.54) is 0 Å². The number of amides is 1. The molecule has 41 heavy (non-hydrogen) atoms. The lowest BCUT2D eigenvalue weighted by atomic mass is 9.31. The highest BCUT2D eigenvalue weighted by Gasteiger charge is 2.73. The second-order valence-corrected chi connectivity index (χ2v) is 17.2.